The van der Waals surface area contributed by atoms with Gasteiger partial charge in [-0.3, -0.25) is 0 Å². The number of fused-ring (bicyclic) bond motifs is 1. The number of nitrogens with zero attached hydrogens (tertiary/aromatic N) is 2. The predicted octanol–water partition coefficient (Wildman–Crippen LogP) is 3.80. The Balaban J connectivity index is 2.28. The molecule has 1 aliphatic heterocycles. The first-order chi connectivity index (χ1) is 11.5. The van der Waals surface area contributed by atoms with E-state index in [1.807, 2.05) is 55.3 Å². The Hall–Kier alpha value is -1.66. The number of halogens is 1. The molecular formula is C18H20ClN3OS. The van der Waals surface area contributed by atoms with Gasteiger partial charge in [0.05, 0.1) is 0 Å². The summed E-state index contributed by atoms with van der Waals surface area (Å²) in [6, 6.07) is 14.9. The molecular weight excluding hydrogens is 342 g/mol. The summed E-state index contributed by atoms with van der Waals surface area (Å²) in [5.41, 5.74) is 0.765. The Labute approximate surface area is 152 Å². The third-order valence-electron chi connectivity index (χ3n) is 4.29. The maximum Gasteiger partial charge on any atom is 0.209 e. The van der Waals surface area contributed by atoms with Crippen LogP contribution in [0.15, 0.2) is 48.5 Å². The minimum Gasteiger partial charge on any atom is -0.362 e. The summed E-state index contributed by atoms with van der Waals surface area (Å²) >= 11 is 11.8. The van der Waals surface area contributed by atoms with Crippen molar-refractivity contribution < 1.29 is 5.11 Å². The van der Waals surface area contributed by atoms with Gasteiger partial charge in [-0.05, 0) is 30.4 Å². The summed E-state index contributed by atoms with van der Waals surface area (Å²) in [5, 5.41) is 19.9. The molecule has 0 amide bonds. The zero-order valence-electron chi connectivity index (χ0n) is 13.7. The van der Waals surface area contributed by atoms with Crippen molar-refractivity contribution in [1.82, 2.24) is 10.0 Å². The molecule has 1 heterocycles. The third-order valence-corrected chi connectivity index (χ3v) is 4.80. The second-order valence-corrected chi connectivity index (χ2v) is 6.43. The van der Waals surface area contributed by atoms with E-state index < -0.39 is 5.72 Å². The minimum atomic E-state index is -1.42. The topological polar surface area (TPSA) is 38.7 Å². The standard InChI is InChI=1S/C18H20ClN3OS/c1-3-21(4-2)22-17(24)20-16-11-10-14(19)12-15(16)18(22,23)13-8-6-5-7-9-13/h5-12,23H,3-4H2,1-2H3,(H,20,24). The number of hydrogen-bond donors (Lipinski definition) is 2. The first-order valence-corrected chi connectivity index (χ1v) is 8.75. The van der Waals surface area contributed by atoms with Gasteiger partial charge in [-0.15, -0.1) is 0 Å². The highest BCUT2D eigenvalue weighted by atomic mass is 35.5. The summed E-state index contributed by atoms with van der Waals surface area (Å²) in [6.45, 7) is 5.49. The van der Waals surface area contributed by atoms with E-state index >= 15 is 0 Å². The predicted molar refractivity (Wildman–Crippen MR) is 102 cm³/mol. The number of hydrazine groups is 1. The van der Waals surface area contributed by atoms with Crippen LogP contribution in [-0.2, 0) is 5.72 Å². The highest BCUT2D eigenvalue weighted by Gasteiger charge is 2.47. The average molecular weight is 362 g/mol. The number of benzene rings is 2. The molecule has 0 saturated carbocycles. The Morgan fingerprint density at radius 3 is 2.46 bits per heavy atom. The number of thiocarbonyl (C=S) groups is 1. The molecule has 1 atom stereocenters. The van der Waals surface area contributed by atoms with Crippen LogP contribution < -0.4 is 5.32 Å². The summed E-state index contributed by atoms with van der Waals surface area (Å²) in [7, 11) is 0. The van der Waals surface area contributed by atoms with Gasteiger partial charge in [0.25, 0.3) is 0 Å². The lowest BCUT2D eigenvalue weighted by Gasteiger charge is -2.50. The second kappa shape index (κ2) is 6.69. The maximum absolute atomic E-state index is 11.9. The second-order valence-electron chi connectivity index (χ2n) is 5.61. The van der Waals surface area contributed by atoms with Gasteiger partial charge in [0.1, 0.15) is 0 Å². The molecule has 0 bridgehead atoms. The Morgan fingerprint density at radius 1 is 1.17 bits per heavy atom. The molecule has 2 aromatic rings. The number of nitrogens with one attached hydrogen (secondary N) is 1. The normalized spacial score (nSPS) is 20.0. The van der Waals surface area contributed by atoms with Crippen LogP contribution in [0, 0.1) is 0 Å². The minimum absolute atomic E-state index is 0.458. The fourth-order valence-electron chi connectivity index (χ4n) is 3.13. The lowest BCUT2D eigenvalue weighted by atomic mass is 9.91. The first kappa shape index (κ1) is 17.2. The van der Waals surface area contributed by atoms with Gasteiger partial charge in [0.2, 0.25) is 5.72 Å². The van der Waals surface area contributed by atoms with Gasteiger partial charge in [0.15, 0.2) is 5.11 Å². The number of anilines is 1. The first-order valence-electron chi connectivity index (χ1n) is 7.96. The largest absolute Gasteiger partial charge is 0.362 e. The molecule has 0 radical (unpaired) electrons. The molecule has 0 aromatic heterocycles. The number of aliphatic hydroxyl groups is 1. The molecule has 4 nitrogen and oxygen atoms in total. The lowest BCUT2D eigenvalue weighted by molar-refractivity contribution is -0.145. The van der Waals surface area contributed by atoms with Gasteiger partial charge in [-0.25, -0.2) is 10.0 Å². The molecule has 2 N–H and O–H groups in total. The molecule has 3 rings (SSSR count). The fraction of sp³-hybridized carbons (Fsp3) is 0.278. The third kappa shape index (κ3) is 2.67. The quantitative estimate of drug-likeness (QED) is 0.810. The molecule has 2 aromatic carbocycles. The van der Waals surface area contributed by atoms with Crippen LogP contribution >= 0.6 is 23.8 Å². The summed E-state index contributed by atoms with van der Waals surface area (Å²) in [4.78, 5) is 0. The molecule has 1 aliphatic rings. The van der Waals surface area contributed by atoms with E-state index in [2.05, 4.69) is 5.32 Å². The van der Waals surface area contributed by atoms with E-state index in [0.717, 1.165) is 11.3 Å². The van der Waals surface area contributed by atoms with Crippen LogP contribution in [0.25, 0.3) is 0 Å². The fourth-order valence-corrected chi connectivity index (χ4v) is 3.66. The van der Waals surface area contributed by atoms with Crippen molar-refractivity contribution in [1.29, 1.82) is 0 Å². The van der Waals surface area contributed by atoms with E-state index in [-0.39, 0.29) is 0 Å². The van der Waals surface area contributed by atoms with E-state index in [9.17, 15) is 5.11 Å². The van der Waals surface area contributed by atoms with Crippen molar-refractivity contribution in [3.63, 3.8) is 0 Å². The molecule has 0 fully saturated rings. The molecule has 0 spiro atoms. The van der Waals surface area contributed by atoms with Crippen molar-refractivity contribution in [2.24, 2.45) is 0 Å². The molecule has 126 valence electrons. The van der Waals surface area contributed by atoms with Crippen LogP contribution in [0.5, 0.6) is 0 Å². The van der Waals surface area contributed by atoms with Crippen LogP contribution in [-0.4, -0.2) is 33.3 Å². The Bertz CT molecular complexity index is 751. The van der Waals surface area contributed by atoms with E-state index in [4.69, 9.17) is 23.8 Å². The molecule has 1 unspecified atom stereocenters. The van der Waals surface area contributed by atoms with Crippen molar-refractivity contribution in [2.75, 3.05) is 18.4 Å². The Kier molecular flexibility index (Phi) is 4.78. The van der Waals surface area contributed by atoms with Crippen molar-refractivity contribution in [3.8, 4) is 0 Å². The smallest absolute Gasteiger partial charge is 0.209 e. The van der Waals surface area contributed by atoms with Crippen LogP contribution in [0.3, 0.4) is 0 Å². The zero-order chi connectivity index (χ0) is 17.3. The lowest BCUT2D eigenvalue weighted by Crippen LogP contribution is -2.62. The van der Waals surface area contributed by atoms with Crippen molar-refractivity contribution in [2.45, 2.75) is 19.6 Å². The van der Waals surface area contributed by atoms with E-state index in [1.54, 1.807) is 17.1 Å². The van der Waals surface area contributed by atoms with Crippen LogP contribution in [0.4, 0.5) is 5.69 Å². The van der Waals surface area contributed by atoms with Crippen molar-refractivity contribution in [3.05, 3.63) is 64.7 Å². The van der Waals surface area contributed by atoms with Crippen molar-refractivity contribution >= 4 is 34.6 Å². The highest BCUT2D eigenvalue weighted by Crippen LogP contribution is 2.43. The Morgan fingerprint density at radius 2 is 1.83 bits per heavy atom. The zero-order valence-corrected chi connectivity index (χ0v) is 15.2. The molecule has 0 aliphatic carbocycles. The van der Waals surface area contributed by atoms with Crippen LogP contribution in [0.1, 0.15) is 25.0 Å². The SMILES string of the molecule is CCN(CC)N1C(=S)Nc2ccc(Cl)cc2C1(O)c1ccccc1. The maximum atomic E-state index is 11.9. The van der Waals surface area contributed by atoms with E-state index in [0.29, 0.717) is 28.8 Å². The van der Waals surface area contributed by atoms with E-state index in [1.165, 1.54) is 0 Å². The van der Waals surface area contributed by atoms with Gasteiger partial charge < -0.3 is 10.4 Å². The number of hydrogen-bond acceptors (Lipinski definition) is 3. The summed E-state index contributed by atoms with van der Waals surface area (Å²) in [6.07, 6.45) is 0. The summed E-state index contributed by atoms with van der Waals surface area (Å²) in [5.74, 6) is 0. The highest BCUT2D eigenvalue weighted by molar-refractivity contribution is 7.80. The van der Waals surface area contributed by atoms with Gasteiger partial charge in [0, 0.05) is 34.9 Å². The van der Waals surface area contributed by atoms with Gasteiger partial charge in [-0.2, -0.15) is 0 Å². The van der Waals surface area contributed by atoms with Gasteiger partial charge >= 0.3 is 0 Å². The monoisotopic (exact) mass is 361 g/mol. The summed E-state index contributed by atoms with van der Waals surface area (Å²) < 4.78 is 0. The number of rotatable bonds is 4. The van der Waals surface area contributed by atoms with Gasteiger partial charge in [-0.1, -0.05) is 55.8 Å². The average Bonchev–Trinajstić information content (AvgIpc) is 2.60. The molecule has 6 heteroatoms. The molecule has 0 saturated heterocycles. The molecule has 24 heavy (non-hydrogen) atoms. The van der Waals surface area contributed by atoms with Crippen LogP contribution in [0.2, 0.25) is 5.02 Å².